The number of unbranched alkanes of at least 4 members (excludes halogenated alkanes) is 1. The lowest BCUT2D eigenvalue weighted by atomic mass is 10.0. The second-order valence-corrected chi connectivity index (χ2v) is 10.2. The summed E-state index contributed by atoms with van der Waals surface area (Å²) in [5.74, 6) is -1.08. The minimum atomic E-state index is -0.936. The number of para-hydroxylation sites is 1. The molecule has 1 aliphatic heterocycles. The van der Waals surface area contributed by atoms with Crippen molar-refractivity contribution in [3.05, 3.63) is 65.7 Å². The van der Waals surface area contributed by atoms with Gasteiger partial charge in [-0.2, -0.15) is 0 Å². The van der Waals surface area contributed by atoms with Crippen molar-refractivity contribution in [3.63, 3.8) is 0 Å². The maximum Gasteiger partial charge on any atom is 0.255 e. The molecule has 3 rings (SSSR count). The molecule has 0 aromatic heterocycles. The summed E-state index contributed by atoms with van der Waals surface area (Å²) in [6.07, 6.45) is 2.57. The van der Waals surface area contributed by atoms with Crippen LogP contribution < -0.4 is 26.0 Å². The first-order valence-electron chi connectivity index (χ1n) is 13.9. The van der Waals surface area contributed by atoms with Crippen LogP contribution in [0.4, 0.5) is 0 Å². The van der Waals surface area contributed by atoms with Gasteiger partial charge in [-0.05, 0) is 64.0 Å². The molecule has 2 aromatic rings. The number of amides is 4. The zero-order valence-corrected chi connectivity index (χ0v) is 23.4. The number of nitrogens with one attached hydrogen (secondary N) is 4. The summed E-state index contributed by atoms with van der Waals surface area (Å²) in [6, 6.07) is 14.6. The van der Waals surface area contributed by atoms with E-state index in [2.05, 4.69) is 26.2 Å². The quantitative estimate of drug-likeness (QED) is 0.370. The summed E-state index contributed by atoms with van der Waals surface area (Å²) >= 11 is 0. The smallest absolute Gasteiger partial charge is 0.255 e. The molecule has 0 radical (unpaired) electrons. The highest BCUT2D eigenvalue weighted by molar-refractivity contribution is 5.99. The van der Waals surface area contributed by atoms with Crippen LogP contribution in [0.1, 0.15) is 48.0 Å². The van der Waals surface area contributed by atoms with Crippen molar-refractivity contribution >= 4 is 23.6 Å². The third-order valence-electron chi connectivity index (χ3n) is 6.56. The van der Waals surface area contributed by atoms with E-state index in [0.29, 0.717) is 37.2 Å². The van der Waals surface area contributed by atoms with Crippen LogP contribution >= 0.6 is 0 Å². The van der Waals surface area contributed by atoms with Crippen molar-refractivity contribution in [1.82, 2.24) is 26.2 Å². The predicted octanol–water partition coefficient (Wildman–Crippen LogP) is 1.65. The number of ether oxygens (including phenoxy) is 1. The summed E-state index contributed by atoms with van der Waals surface area (Å²) < 4.78 is 5.85. The topological polar surface area (TPSA) is 129 Å². The van der Waals surface area contributed by atoms with Gasteiger partial charge in [0.25, 0.3) is 5.91 Å². The lowest BCUT2D eigenvalue weighted by Gasteiger charge is -2.22. The Labute approximate surface area is 236 Å². The zero-order chi connectivity index (χ0) is 28.7. The molecule has 0 spiro atoms. The minimum absolute atomic E-state index is 0.0459. The van der Waals surface area contributed by atoms with E-state index in [4.69, 9.17) is 4.74 Å². The van der Waals surface area contributed by atoms with Gasteiger partial charge in [-0.15, -0.1) is 0 Å². The number of nitrogens with zero attached hydrogens (tertiary/aromatic N) is 1. The van der Waals surface area contributed by atoms with E-state index in [9.17, 15) is 19.2 Å². The molecule has 2 aromatic carbocycles. The molecule has 0 saturated carbocycles. The molecule has 4 N–H and O–H groups in total. The number of hydrogen-bond acceptors (Lipinski definition) is 6. The van der Waals surface area contributed by atoms with Gasteiger partial charge in [0, 0.05) is 25.9 Å². The fourth-order valence-corrected chi connectivity index (χ4v) is 4.36. The molecule has 0 saturated heterocycles. The summed E-state index contributed by atoms with van der Waals surface area (Å²) in [5, 5.41) is 11.4. The van der Waals surface area contributed by atoms with Crippen molar-refractivity contribution in [2.24, 2.45) is 0 Å². The fourth-order valence-electron chi connectivity index (χ4n) is 4.36. The summed E-state index contributed by atoms with van der Waals surface area (Å²) in [6.45, 7) is 2.00. The van der Waals surface area contributed by atoms with Gasteiger partial charge in [-0.25, -0.2) is 0 Å². The average Bonchev–Trinajstić information content (AvgIpc) is 2.94. The molecule has 216 valence electrons. The second kappa shape index (κ2) is 16.2. The van der Waals surface area contributed by atoms with Crippen LogP contribution in [0.3, 0.4) is 0 Å². The molecular formula is C30H41N5O5. The Bertz CT molecular complexity index is 1120. The van der Waals surface area contributed by atoms with E-state index < -0.39 is 18.0 Å². The maximum absolute atomic E-state index is 13.2. The first kappa shape index (κ1) is 30.6. The number of rotatable bonds is 8. The highest BCUT2D eigenvalue weighted by Crippen LogP contribution is 2.19. The van der Waals surface area contributed by atoms with Crippen LogP contribution in [-0.2, 0) is 20.8 Å². The highest BCUT2D eigenvalue weighted by Gasteiger charge is 2.26. The normalized spacial score (nSPS) is 19.0. The van der Waals surface area contributed by atoms with Crippen LogP contribution in [0.5, 0.6) is 5.75 Å². The SMILES string of the molecule is CN(C)CCCCNC(=O)[C@@H]1CCC(=O)NC(Cc2ccccc2)C(=O)NCCCOc2ccccc2C(=O)N1. The van der Waals surface area contributed by atoms with Gasteiger partial charge in [-0.3, -0.25) is 19.2 Å². The fraction of sp³-hybridized carbons (Fsp3) is 0.467. The van der Waals surface area contributed by atoms with Gasteiger partial charge in [-0.1, -0.05) is 42.5 Å². The number of fused-ring (bicyclic) bond motifs is 1. The van der Waals surface area contributed by atoms with Gasteiger partial charge >= 0.3 is 0 Å². The Kier molecular flexibility index (Phi) is 12.4. The molecule has 40 heavy (non-hydrogen) atoms. The van der Waals surface area contributed by atoms with E-state index in [1.807, 2.05) is 44.4 Å². The molecule has 0 aliphatic carbocycles. The number of carbonyl (C=O) groups is 4. The third-order valence-corrected chi connectivity index (χ3v) is 6.56. The van der Waals surface area contributed by atoms with E-state index in [0.717, 1.165) is 24.9 Å². The molecule has 0 bridgehead atoms. The maximum atomic E-state index is 13.2. The molecule has 10 heteroatoms. The zero-order valence-electron chi connectivity index (χ0n) is 23.4. The Balaban J connectivity index is 1.75. The van der Waals surface area contributed by atoms with Crippen LogP contribution in [0, 0.1) is 0 Å². The number of carbonyl (C=O) groups excluding carboxylic acids is 4. The highest BCUT2D eigenvalue weighted by atomic mass is 16.5. The molecule has 1 aliphatic rings. The Morgan fingerprint density at radius 1 is 1.00 bits per heavy atom. The summed E-state index contributed by atoms with van der Waals surface area (Å²) in [4.78, 5) is 54.3. The van der Waals surface area contributed by atoms with Crippen molar-refractivity contribution < 1.29 is 23.9 Å². The van der Waals surface area contributed by atoms with Crippen molar-refractivity contribution in [2.75, 3.05) is 40.3 Å². The van der Waals surface area contributed by atoms with E-state index >= 15 is 0 Å². The van der Waals surface area contributed by atoms with Gasteiger partial charge in [0.05, 0.1) is 12.2 Å². The first-order chi connectivity index (χ1) is 19.3. The molecular weight excluding hydrogens is 510 g/mol. The standard InChI is InChI=1S/C30H41N5O5/c1-35(2)19-9-8-17-31-29(38)24-15-16-27(36)33-25(21-22-11-4-3-5-12-22)30(39)32-18-10-20-40-26-14-7-6-13-23(26)28(37)34-24/h3-7,11-14,24-25H,8-10,15-21H2,1-2H3,(H,31,38)(H,32,39)(H,33,36)(H,34,37)/t24-,25?/m0/s1. The molecule has 2 atom stereocenters. The Morgan fingerprint density at radius 3 is 2.52 bits per heavy atom. The monoisotopic (exact) mass is 551 g/mol. The lowest BCUT2D eigenvalue weighted by molar-refractivity contribution is -0.129. The predicted molar refractivity (Wildman–Crippen MR) is 153 cm³/mol. The van der Waals surface area contributed by atoms with E-state index in [-0.39, 0.29) is 37.2 Å². The first-order valence-corrected chi connectivity index (χ1v) is 13.9. The second-order valence-electron chi connectivity index (χ2n) is 10.2. The summed E-state index contributed by atoms with van der Waals surface area (Å²) in [7, 11) is 3.99. The van der Waals surface area contributed by atoms with Gasteiger partial charge < -0.3 is 30.9 Å². The van der Waals surface area contributed by atoms with Gasteiger partial charge in [0.1, 0.15) is 17.8 Å². The number of benzene rings is 2. The molecule has 10 nitrogen and oxygen atoms in total. The van der Waals surface area contributed by atoms with E-state index in [1.54, 1.807) is 24.3 Å². The van der Waals surface area contributed by atoms with E-state index in [1.165, 1.54) is 0 Å². The van der Waals surface area contributed by atoms with Crippen LogP contribution in [0.15, 0.2) is 54.6 Å². The van der Waals surface area contributed by atoms with Crippen molar-refractivity contribution in [2.45, 2.75) is 50.6 Å². The molecule has 4 amide bonds. The Morgan fingerprint density at radius 2 is 1.75 bits per heavy atom. The Hall–Kier alpha value is -3.92. The molecule has 1 heterocycles. The van der Waals surface area contributed by atoms with Crippen LogP contribution in [-0.4, -0.2) is 80.9 Å². The van der Waals surface area contributed by atoms with Crippen LogP contribution in [0.2, 0.25) is 0 Å². The average molecular weight is 552 g/mol. The minimum Gasteiger partial charge on any atom is -0.493 e. The molecule has 0 fully saturated rings. The van der Waals surface area contributed by atoms with Gasteiger partial charge in [0.15, 0.2) is 0 Å². The number of hydrogen-bond donors (Lipinski definition) is 4. The molecule has 1 unspecified atom stereocenters. The van der Waals surface area contributed by atoms with Crippen molar-refractivity contribution in [3.8, 4) is 5.75 Å². The lowest BCUT2D eigenvalue weighted by Crippen LogP contribution is -2.50. The summed E-state index contributed by atoms with van der Waals surface area (Å²) in [5.41, 5.74) is 1.21. The van der Waals surface area contributed by atoms with Crippen molar-refractivity contribution in [1.29, 1.82) is 0 Å². The third kappa shape index (κ3) is 10.3. The van der Waals surface area contributed by atoms with Gasteiger partial charge in [0.2, 0.25) is 17.7 Å². The van der Waals surface area contributed by atoms with Crippen LogP contribution in [0.25, 0.3) is 0 Å². The largest absolute Gasteiger partial charge is 0.493 e.